The van der Waals surface area contributed by atoms with Gasteiger partial charge < -0.3 is 15.0 Å². The highest BCUT2D eigenvalue weighted by atomic mass is 16.5. The van der Waals surface area contributed by atoms with Crippen LogP contribution in [0.4, 0.5) is 5.82 Å². The van der Waals surface area contributed by atoms with Gasteiger partial charge in [0.2, 0.25) is 5.65 Å². The SMILES string of the molecule is COc1cccc(C(CNc2nccn3c(C4CC4)nnc23)N(C)C)c1. The minimum Gasteiger partial charge on any atom is -0.497 e. The van der Waals surface area contributed by atoms with Gasteiger partial charge in [-0.2, -0.15) is 0 Å². The number of nitrogens with zero attached hydrogens (tertiary/aromatic N) is 5. The monoisotopic (exact) mass is 352 g/mol. The largest absolute Gasteiger partial charge is 0.497 e. The van der Waals surface area contributed by atoms with Crippen LogP contribution >= 0.6 is 0 Å². The Labute approximate surface area is 153 Å². The third-order valence-electron chi connectivity index (χ3n) is 4.86. The van der Waals surface area contributed by atoms with E-state index in [4.69, 9.17) is 4.74 Å². The number of likely N-dealkylation sites (N-methyl/N-ethyl adjacent to an activating group) is 1. The molecule has 7 heteroatoms. The Morgan fingerprint density at radius 1 is 1.31 bits per heavy atom. The third-order valence-corrected chi connectivity index (χ3v) is 4.86. The summed E-state index contributed by atoms with van der Waals surface area (Å²) in [7, 11) is 5.83. The number of methoxy groups -OCH3 is 1. The van der Waals surface area contributed by atoms with E-state index in [1.807, 2.05) is 18.3 Å². The van der Waals surface area contributed by atoms with Crippen LogP contribution < -0.4 is 10.1 Å². The highest BCUT2D eigenvalue weighted by Gasteiger charge is 2.29. The Hall–Kier alpha value is -2.67. The lowest BCUT2D eigenvalue weighted by atomic mass is 10.1. The zero-order valence-corrected chi connectivity index (χ0v) is 15.4. The van der Waals surface area contributed by atoms with Crippen molar-refractivity contribution in [3.8, 4) is 5.75 Å². The Bertz CT molecular complexity index is 902. The van der Waals surface area contributed by atoms with Crippen molar-refractivity contribution in [3.63, 3.8) is 0 Å². The van der Waals surface area contributed by atoms with Crippen molar-refractivity contribution in [1.82, 2.24) is 24.5 Å². The lowest BCUT2D eigenvalue weighted by Gasteiger charge is -2.25. The molecule has 1 fully saturated rings. The molecule has 3 aromatic rings. The summed E-state index contributed by atoms with van der Waals surface area (Å²) in [6.07, 6.45) is 6.15. The number of nitrogens with one attached hydrogen (secondary N) is 1. The predicted octanol–water partition coefficient (Wildman–Crippen LogP) is 2.73. The molecule has 0 saturated heterocycles. The summed E-state index contributed by atoms with van der Waals surface area (Å²) in [4.78, 5) is 6.66. The molecule has 1 aliphatic rings. The van der Waals surface area contributed by atoms with Crippen LogP contribution in [0, 0.1) is 0 Å². The molecule has 0 aliphatic heterocycles. The first-order valence-electron chi connectivity index (χ1n) is 8.91. The van der Waals surface area contributed by atoms with Gasteiger partial charge in [0.15, 0.2) is 5.82 Å². The molecular formula is C19H24N6O. The average molecular weight is 352 g/mol. The summed E-state index contributed by atoms with van der Waals surface area (Å²) >= 11 is 0. The Kier molecular flexibility index (Phi) is 4.46. The first-order chi connectivity index (χ1) is 12.7. The zero-order valence-electron chi connectivity index (χ0n) is 15.4. The minimum atomic E-state index is 0.179. The second-order valence-electron chi connectivity index (χ2n) is 6.94. The van der Waals surface area contributed by atoms with Crippen LogP contribution in [0.25, 0.3) is 5.65 Å². The van der Waals surface area contributed by atoms with E-state index in [1.54, 1.807) is 13.3 Å². The van der Waals surface area contributed by atoms with Gasteiger partial charge in [0.1, 0.15) is 11.6 Å². The molecule has 2 heterocycles. The number of ether oxygens (including phenoxy) is 1. The lowest BCUT2D eigenvalue weighted by Crippen LogP contribution is -2.27. The number of aromatic nitrogens is 4. The normalized spacial score (nSPS) is 15.4. The Morgan fingerprint density at radius 3 is 2.88 bits per heavy atom. The molecule has 1 saturated carbocycles. The summed E-state index contributed by atoms with van der Waals surface area (Å²) < 4.78 is 7.42. The van der Waals surface area contributed by atoms with Crippen LogP contribution in [0.1, 0.15) is 36.2 Å². The van der Waals surface area contributed by atoms with Gasteiger partial charge in [-0.15, -0.1) is 10.2 Å². The molecule has 0 radical (unpaired) electrons. The summed E-state index contributed by atoms with van der Waals surface area (Å²) in [5.74, 6) is 3.22. The van der Waals surface area contributed by atoms with Crippen molar-refractivity contribution < 1.29 is 4.74 Å². The number of hydrogen-bond donors (Lipinski definition) is 1. The number of anilines is 1. The van der Waals surface area contributed by atoms with E-state index in [0.717, 1.165) is 23.0 Å². The summed E-state index contributed by atoms with van der Waals surface area (Å²) in [6, 6.07) is 8.34. The van der Waals surface area contributed by atoms with Crippen LogP contribution in [0.2, 0.25) is 0 Å². The van der Waals surface area contributed by atoms with Crippen LogP contribution in [0.15, 0.2) is 36.7 Å². The first-order valence-corrected chi connectivity index (χ1v) is 8.91. The van der Waals surface area contributed by atoms with Crippen molar-refractivity contribution in [3.05, 3.63) is 48.0 Å². The van der Waals surface area contributed by atoms with E-state index in [0.29, 0.717) is 12.5 Å². The van der Waals surface area contributed by atoms with Gasteiger partial charge in [-0.25, -0.2) is 4.98 Å². The van der Waals surface area contributed by atoms with E-state index >= 15 is 0 Å². The van der Waals surface area contributed by atoms with Crippen LogP contribution in [0.5, 0.6) is 5.75 Å². The maximum absolute atomic E-state index is 5.36. The number of fused-ring (bicyclic) bond motifs is 1. The fourth-order valence-electron chi connectivity index (χ4n) is 3.23. The molecule has 1 unspecified atom stereocenters. The molecule has 2 aromatic heterocycles. The van der Waals surface area contributed by atoms with Crippen molar-refractivity contribution in [2.24, 2.45) is 0 Å². The van der Waals surface area contributed by atoms with Crippen molar-refractivity contribution in [1.29, 1.82) is 0 Å². The lowest BCUT2D eigenvalue weighted by molar-refractivity contribution is 0.310. The van der Waals surface area contributed by atoms with Gasteiger partial charge in [-0.1, -0.05) is 12.1 Å². The molecule has 1 atom stereocenters. The Balaban J connectivity index is 1.57. The highest BCUT2D eigenvalue weighted by molar-refractivity contribution is 5.62. The van der Waals surface area contributed by atoms with E-state index in [-0.39, 0.29) is 6.04 Å². The van der Waals surface area contributed by atoms with Gasteiger partial charge in [0.25, 0.3) is 0 Å². The van der Waals surface area contributed by atoms with Crippen LogP contribution in [-0.2, 0) is 0 Å². The summed E-state index contributed by atoms with van der Waals surface area (Å²) in [6.45, 7) is 0.707. The molecule has 26 heavy (non-hydrogen) atoms. The van der Waals surface area contributed by atoms with Gasteiger partial charge >= 0.3 is 0 Å². The average Bonchev–Trinajstić information content (AvgIpc) is 3.40. The smallest absolute Gasteiger partial charge is 0.203 e. The standard InChI is InChI=1S/C19H24N6O/c1-24(2)16(14-5-4-6-15(11-14)26-3)12-21-17-19-23-22-18(13-7-8-13)25(19)10-9-20-17/h4-6,9-11,13,16H,7-8,12H2,1-3H3,(H,20,21). The van der Waals surface area contributed by atoms with Crippen molar-refractivity contribution >= 4 is 11.5 Å². The molecular weight excluding hydrogens is 328 g/mol. The summed E-state index contributed by atoms with van der Waals surface area (Å²) in [5.41, 5.74) is 1.98. The van der Waals surface area contributed by atoms with Crippen molar-refractivity contribution in [2.45, 2.75) is 24.8 Å². The van der Waals surface area contributed by atoms with Gasteiger partial charge in [-0.3, -0.25) is 4.40 Å². The van der Waals surface area contributed by atoms with Gasteiger partial charge in [0.05, 0.1) is 13.2 Å². The van der Waals surface area contributed by atoms with Gasteiger partial charge in [0, 0.05) is 24.9 Å². The summed E-state index contributed by atoms with van der Waals surface area (Å²) in [5, 5.41) is 12.2. The van der Waals surface area contributed by atoms with E-state index < -0.39 is 0 Å². The minimum absolute atomic E-state index is 0.179. The molecule has 7 nitrogen and oxygen atoms in total. The first kappa shape index (κ1) is 16.8. The zero-order chi connectivity index (χ0) is 18.1. The highest BCUT2D eigenvalue weighted by Crippen LogP contribution is 2.39. The van der Waals surface area contributed by atoms with Crippen LogP contribution in [0.3, 0.4) is 0 Å². The van der Waals surface area contributed by atoms with E-state index in [1.165, 1.54) is 18.4 Å². The topological polar surface area (TPSA) is 67.6 Å². The third kappa shape index (κ3) is 3.22. The fraction of sp³-hybridized carbons (Fsp3) is 0.421. The Morgan fingerprint density at radius 2 is 2.15 bits per heavy atom. The molecule has 4 rings (SSSR count). The number of rotatable bonds is 7. The molecule has 0 amide bonds. The molecule has 0 bridgehead atoms. The van der Waals surface area contributed by atoms with E-state index in [2.05, 4.69) is 56.0 Å². The molecule has 1 N–H and O–H groups in total. The maximum Gasteiger partial charge on any atom is 0.203 e. The number of hydrogen-bond acceptors (Lipinski definition) is 6. The second kappa shape index (κ2) is 6.92. The van der Waals surface area contributed by atoms with E-state index in [9.17, 15) is 0 Å². The predicted molar refractivity (Wildman–Crippen MR) is 101 cm³/mol. The number of benzene rings is 1. The molecule has 1 aliphatic carbocycles. The van der Waals surface area contributed by atoms with Crippen LogP contribution in [-0.4, -0.2) is 52.2 Å². The van der Waals surface area contributed by atoms with Gasteiger partial charge in [-0.05, 0) is 44.6 Å². The molecule has 1 aromatic carbocycles. The molecule has 0 spiro atoms. The quantitative estimate of drug-likeness (QED) is 0.705. The molecule has 136 valence electrons. The maximum atomic E-state index is 5.36. The van der Waals surface area contributed by atoms with Crippen molar-refractivity contribution in [2.75, 3.05) is 33.1 Å². The fourth-order valence-corrected chi connectivity index (χ4v) is 3.23. The second-order valence-corrected chi connectivity index (χ2v) is 6.94.